The van der Waals surface area contributed by atoms with Gasteiger partial charge in [-0.3, -0.25) is 4.79 Å². The van der Waals surface area contributed by atoms with Crippen molar-refractivity contribution in [2.45, 2.75) is 45.7 Å². The molecule has 184 valence electrons. The average Bonchev–Trinajstić information content (AvgIpc) is 2.88. The lowest BCUT2D eigenvalue weighted by Gasteiger charge is -2.27. The van der Waals surface area contributed by atoms with Gasteiger partial charge >= 0.3 is 6.03 Å². The first-order valence-electron chi connectivity index (χ1n) is 12.0. The van der Waals surface area contributed by atoms with E-state index >= 15 is 0 Å². The van der Waals surface area contributed by atoms with Crippen LogP contribution in [0.2, 0.25) is 0 Å². The summed E-state index contributed by atoms with van der Waals surface area (Å²) in [4.78, 5) is 28.2. The Labute approximate surface area is 208 Å². The van der Waals surface area contributed by atoms with Gasteiger partial charge in [0, 0.05) is 25.2 Å². The Balaban J connectivity index is 1.74. The molecular weight excluding hydrogens is 438 g/mol. The number of urea groups is 1. The summed E-state index contributed by atoms with van der Waals surface area (Å²) < 4.78 is 5.24. The molecule has 3 rings (SSSR count). The van der Waals surface area contributed by atoms with Crippen LogP contribution in [0.4, 0.5) is 10.5 Å². The summed E-state index contributed by atoms with van der Waals surface area (Å²) in [7, 11) is 1.61. The molecule has 0 saturated carbocycles. The van der Waals surface area contributed by atoms with E-state index in [1.165, 1.54) is 5.56 Å². The summed E-state index contributed by atoms with van der Waals surface area (Å²) >= 11 is 0. The SMILES string of the molecule is CCN(C(=O)[C@H](Cc1ccccc1)NC(=O)NCc1cccc(C(C)C)c1)c1ccc(OC)cc1. The summed E-state index contributed by atoms with van der Waals surface area (Å²) in [6, 6.07) is 24.1. The van der Waals surface area contributed by atoms with Crippen LogP contribution in [0.1, 0.15) is 43.4 Å². The predicted octanol–water partition coefficient (Wildman–Crippen LogP) is 5.28. The molecule has 0 aromatic heterocycles. The highest BCUT2D eigenvalue weighted by Crippen LogP contribution is 2.21. The van der Waals surface area contributed by atoms with Gasteiger partial charge in [-0.2, -0.15) is 0 Å². The second kappa shape index (κ2) is 12.6. The summed E-state index contributed by atoms with van der Waals surface area (Å²) in [5.41, 5.74) is 3.97. The number of ether oxygens (including phenoxy) is 1. The minimum absolute atomic E-state index is 0.168. The number of nitrogens with zero attached hydrogens (tertiary/aromatic N) is 1. The lowest BCUT2D eigenvalue weighted by Crippen LogP contribution is -2.52. The number of nitrogens with one attached hydrogen (secondary N) is 2. The Morgan fingerprint density at radius 1 is 0.914 bits per heavy atom. The number of methoxy groups -OCH3 is 1. The first-order chi connectivity index (χ1) is 16.9. The van der Waals surface area contributed by atoms with E-state index in [9.17, 15) is 9.59 Å². The molecule has 0 heterocycles. The molecule has 6 heteroatoms. The van der Waals surface area contributed by atoms with E-state index in [4.69, 9.17) is 4.74 Å². The maximum Gasteiger partial charge on any atom is 0.315 e. The monoisotopic (exact) mass is 473 g/mol. The number of hydrogen-bond donors (Lipinski definition) is 2. The molecule has 2 N–H and O–H groups in total. The van der Waals surface area contributed by atoms with E-state index in [0.29, 0.717) is 25.4 Å². The van der Waals surface area contributed by atoms with Gasteiger partial charge in [0.05, 0.1) is 7.11 Å². The third-order valence-corrected chi connectivity index (χ3v) is 5.92. The van der Waals surface area contributed by atoms with E-state index in [1.807, 2.05) is 73.7 Å². The van der Waals surface area contributed by atoms with Crippen molar-refractivity contribution in [3.05, 3.63) is 95.6 Å². The number of rotatable bonds is 10. The van der Waals surface area contributed by atoms with Crippen LogP contribution >= 0.6 is 0 Å². The molecule has 0 aliphatic heterocycles. The van der Waals surface area contributed by atoms with Crippen molar-refractivity contribution in [3.8, 4) is 5.75 Å². The predicted molar refractivity (Wildman–Crippen MR) is 141 cm³/mol. The number of anilines is 1. The molecule has 0 unspecified atom stereocenters. The quantitative estimate of drug-likeness (QED) is 0.421. The van der Waals surface area contributed by atoms with Crippen LogP contribution in [0.15, 0.2) is 78.9 Å². The molecule has 3 aromatic rings. The maximum absolute atomic E-state index is 13.6. The second-order valence-corrected chi connectivity index (χ2v) is 8.75. The summed E-state index contributed by atoms with van der Waals surface area (Å²) in [5, 5.41) is 5.82. The summed E-state index contributed by atoms with van der Waals surface area (Å²) in [5.74, 6) is 0.963. The van der Waals surface area contributed by atoms with Crippen molar-refractivity contribution in [1.82, 2.24) is 10.6 Å². The van der Waals surface area contributed by atoms with Crippen molar-refractivity contribution in [3.63, 3.8) is 0 Å². The van der Waals surface area contributed by atoms with E-state index in [2.05, 4.69) is 36.6 Å². The van der Waals surface area contributed by atoms with E-state index in [-0.39, 0.29) is 11.9 Å². The number of benzene rings is 3. The number of hydrogen-bond acceptors (Lipinski definition) is 3. The molecule has 3 aromatic carbocycles. The Hall–Kier alpha value is -3.80. The molecule has 0 saturated heterocycles. The zero-order chi connectivity index (χ0) is 25.2. The Morgan fingerprint density at radius 3 is 2.23 bits per heavy atom. The van der Waals surface area contributed by atoms with Crippen LogP contribution in [0.3, 0.4) is 0 Å². The Bertz CT molecular complexity index is 1100. The van der Waals surface area contributed by atoms with Crippen LogP contribution < -0.4 is 20.3 Å². The number of amides is 3. The van der Waals surface area contributed by atoms with Gasteiger partial charge in [0.15, 0.2) is 0 Å². The normalized spacial score (nSPS) is 11.6. The fraction of sp³-hybridized carbons (Fsp3) is 0.310. The van der Waals surface area contributed by atoms with Gasteiger partial charge in [-0.05, 0) is 53.8 Å². The van der Waals surface area contributed by atoms with Crippen molar-refractivity contribution in [2.75, 3.05) is 18.6 Å². The minimum atomic E-state index is -0.721. The van der Waals surface area contributed by atoms with Crippen LogP contribution in [0.5, 0.6) is 5.75 Å². The molecule has 6 nitrogen and oxygen atoms in total. The fourth-order valence-corrected chi connectivity index (χ4v) is 3.92. The lowest BCUT2D eigenvalue weighted by molar-refractivity contribution is -0.120. The smallest absolute Gasteiger partial charge is 0.315 e. The van der Waals surface area contributed by atoms with Gasteiger partial charge in [-0.15, -0.1) is 0 Å². The van der Waals surface area contributed by atoms with Gasteiger partial charge in [0.2, 0.25) is 5.91 Å². The van der Waals surface area contributed by atoms with Crippen molar-refractivity contribution in [2.24, 2.45) is 0 Å². The molecule has 35 heavy (non-hydrogen) atoms. The molecule has 0 bridgehead atoms. The summed E-state index contributed by atoms with van der Waals surface area (Å²) in [6.07, 6.45) is 0.391. The second-order valence-electron chi connectivity index (χ2n) is 8.75. The molecular formula is C29H35N3O3. The highest BCUT2D eigenvalue weighted by Gasteiger charge is 2.26. The maximum atomic E-state index is 13.6. The standard InChI is InChI=1S/C29H35N3O3/c1-5-32(25-14-16-26(35-4)17-15-25)28(33)27(19-22-10-7-6-8-11-22)31-29(34)30-20-23-12-9-13-24(18-23)21(2)3/h6-18,21,27H,5,19-20H2,1-4H3,(H2,30,31,34)/t27-/m0/s1. The van der Waals surface area contributed by atoms with Gasteiger partial charge in [-0.1, -0.05) is 68.4 Å². The number of likely N-dealkylation sites (N-methyl/N-ethyl adjacent to an activating group) is 1. The molecule has 0 fully saturated rings. The largest absolute Gasteiger partial charge is 0.497 e. The first kappa shape index (κ1) is 25.8. The van der Waals surface area contributed by atoms with E-state index < -0.39 is 6.04 Å². The molecule has 0 aliphatic carbocycles. The van der Waals surface area contributed by atoms with Gasteiger partial charge < -0.3 is 20.3 Å². The molecule has 3 amide bonds. The third kappa shape index (κ3) is 7.34. The highest BCUT2D eigenvalue weighted by atomic mass is 16.5. The minimum Gasteiger partial charge on any atom is -0.497 e. The van der Waals surface area contributed by atoms with Crippen LogP contribution in [0, 0.1) is 0 Å². The number of carbonyl (C=O) groups is 2. The van der Waals surface area contributed by atoms with Gasteiger partial charge in [0.25, 0.3) is 0 Å². The third-order valence-electron chi connectivity index (χ3n) is 5.92. The Kier molecular flexibility index (Phi) is 9.30. The average molecular weight is 474 g/mol. The fourth-order valence-electron chi connectivity index (χ4n) is 3.92. The highest BCUT2D eigenvalue weighted by molar-refractivity contribution is 5.99. The van der Waals surface area contributed by atoms with Crippen molar-refractivity contribution < 1.29 is 14.3 Å². The van der Waals surface area contributed by atoms with Crippen LogP contribution in [-0.4, -0.2) is 31.6 Å². The zero-order valence-corrected chi connectivity index (χ0v) is 21.0. The van der Waals surface area contributed by atoms with E-state index in [0.717, 1.165) is 22.6 Å². The lowest BCUT2D eigenvalue weighted by atomic mass is 10.0. The molecule has 0 spiro atoms. The summed E-state index contributed by atoms with van der Waals surface area (Å²) in [6.45, 7) is 7.06. The van der Waals surface area contributed by atoms with Gasteiger partial charge in [0.1, 0.15) is 11.8 Å². The zero-order valence-electron chi connectivity index (χ0n) is 21.0. The molecule has 1 atom stereocenters. The topological polar surface area (TPSA) is 70.7 Å². The van der Waals surface area contributed by atoms with Crippen LogP contribution in [0.25, 0.3) is 0 Å². The molecule has 0 aliphatic rings. The van der Waals surface area contributed by atoms with Gasteiger partial charge in [-0.25, -0.2) is 4.79 Å². The van der Waals surface area contributed by atoms with Crippen molar-refractivity contribution in [1.29, 1.82) is 0 Å². The van der Waals surface area contributed by atoms with E-state index in [1.54, 1.807) is 12.0 Å². The van der Waals surface area contributed by atoms with Crippen molar-refractivity contribution >= 4 is 17.6 Å². The van der Waals surface area contributed by atoms with Crippen LogP contribution in [-0.2, 0) is 17.8 Å². The first-order valence-corrected chi connectivity index (χ1v) is 12.0. The number of carbonyl (C=O) groups excluding carboxylic acids is 2. The molecule has 0 radical (unpaired) electrons. The Morgan fingerprint density at radius 2 is 1.60 bits per heavy atom.